The molecule has 0 aliphatic heterocycles. The predicted molar refractivity (Wildman–Crippen MR) is 76.3 cm³/mol. The summed E-state index contributed by atoms with van der Waals surface area (Å²) in [6, 6.07) is -0.345. The Morgan fingerprint density at radius 2 is 1.90 bits per heavy atom. The Labute approximate surface area is 121 Å². The van der Waals surface area contributed by atoms with Gasteiger partial charge in [0, 0.05) is 20.1 Å². The summed E-state index contributed by atoms with van der Waals surface area (Å²) in [5.41, 5.74) is -1.05. The summed E-state index contributed by atoms with van der Waals surface area (Å²) in [6.07, 6.45) is 4.02. The third-order valence-electron chi connectivity index (χ3n) is 3.98. The summed E-state index contributed by atoms with van der Waals surface area (Å²) in [7, 11) is 2.83. The van der Waals surface area contributed by atoms with Crippen LogP contribution in [0.1, 0.15) is 32.1 Å². The summed E-state index contributed by atoms with van der Waals surface area (Å²) in [5, 5.41) is 16.2. The van der Waals surface area contributed by atoms with Gasteiger partial charge < -0.3 is 10.4 Å². The predicted octanol–water partition coefficient (Wildman–Crippen LogP) is -0.0756. The Morgan fingerprint density at radius 3 is 2.57 bits per heavy atom. The van der Waals surface area contributed by atoms with Gasteiger partial charge in [-0.25, -0.2) is 9.48 Å². The molecule has 2 N–H and O–H groups in total. The molecule has 0 aromatic carbocycles. The van der Waals surface area contributed by atoms with Crippen LogP contribution in [0.3, 0.4) is 0 Å². The second-order valence-electron chi connectivity index (χ2n) is 5.45. The molecule has 0 amide bonds. The zero-order chi connectivity index (χ0) is 15.6. The van der Waals surface area contributed by atoms with E-state index in [4.69, 9.17) is 0 Å². The molecule has 21 heavy (non-hydrogen) atoms. The van der Waals surface area contributed by atoms with E-state index in [2.05, 4.69) is 10.4 Å². The second-order valence-corrected chi connectivity index (χ2v) is 5.45. The Morgan fingerprint density at radius 1 is 1.24 bits per heavy atom. The van der Waals surface area contributed by atoms with E-state index in [1.165, 1.54) is 14.1 Å². The van der Waals surface area contributed by atoms with Gasteiger partial charge in [-0.3, -0.25) is 14.2 Å². The first kappa shape index (κ1) is 15.3. The van der Waals surface area contributed by atoms with E-state index in [1.54, 1.807) is 0 Å². The van der Waals surface area contributed by atoms with E-state index in [1.807, 2.05) is 0 Å². The summed E-state index contributed by atoms with van der Waals surface area (Å²) in [4.78, 5) is 35.0. The lowest BCUT2D eigenvalue weighted by Crippen LogP contribution is -2.43. The van der Waals surface area contributed by atoms with Gasteiger partial charge in [-0.1, -0.05) is 19.3 Å². The maximum Gasteiger partial charge on any atom is 0.346 e. The van der Waals surface area contributed by atoms with Gasteiger partial charge in [0.05, 0.1) is 5.92 Å². The zero-order valence-corrected chi connectivity index (χ0v) is 12.2. The van der Waals surface area contributed by atoms with E-state index >= 15 is 0 Å². The number of aromatic nitrogens is 3. The standard InChI is InChI=1S/C13H20N4O4/c1-16-11(18)10(15-17(2)13(16)21)14-9-7-5-3-4-6-8(9)12(19)20/h8-9H,3-7H2,1-2H3,(H,14,15)(H,19,20). The fourth-order valence-electron chi connectivity index (χ4n) is 2.74. The monoisotopic (exact) mass is 296 g/mol. The molecule has 0 radical (unpaired) electrons. The molecular weight excluding hydrogens is 276 g/mol. The van der Waals surface area contributed by atoms with Crippen LogP contribution in [-0.4, -0.2) is 31.5 Å². The molecule has 1 fully saturated rings. The van der Waals surface area contributed by atoms with Crippen LogP contribution in [0.5, 0.6) is 0 Å². The van der Waals surface area contributed by atoms with Crippen molar-refractivity contribution in [3.8, 4) is 0 Å². The van der Waals surface area contributed by atoms with Crippen LogP contribution in [-0.2, 0) is 18.9 Å². The molecule has 2 unspecified atom stereocenters. The van der Waals surface area contributed by atoms with Crippen LogP contribution in [0, 0.1) is 5.92 Å². The van der Waals surface area contributed by atoms with Gasteiger partial charge in [-0.2, -0.15) is 0 Å². The summed E-state index contributed by atoms with van der Waals surface area (Å²) < 4.78 is 2.03. The summed E-state index contributed by atoms with van der Waals surface area (Å²) in [5.74, 6) is -1.38. The molecule has 8 nitrogen and oxygen atoms in total. The molecule has 2 atom stereocenters. The average molecular weight is 296 g/mol. The van der Waals surface area contributed by atoms with Crippen molar-refractivity contribution in [2.45, 2.75) is 38.1 Å². The van der Waals surface area contributed by atoms with Crippen molar-refractivity contribution < 1.29 is 9.90 Å². The normalized spacial score (nSPS) is 22.6. The number of anilines is 1. The van der Waals surface area contributed by atoms with E-state index in [9.17, 15) is 19.5 Å². The zero-order valence-electron chi connectivity index (χ0n) is 12.2. The summed E-state index contributed by atoms with van der Waals surface area (Å²) >= 11 is 0. The smallest absolute Gasteiger partial charge is 0.346 e. The van der Waals surface area contributed by atoms with Crippen LogP contribution in [0.4, 0.5) is 5.82 Å². The number of hydrogen-bond donors (Lipinski definition) is 2. The highest BCUT2D eigenvalue weighted by atomic mass is 16.4. The molecular formula is C13H20N4O4. The highest BCUT2D eigenvalue weighted by Gasteiger charge is 2.30. The number of carboxylic acids is 1. The SMILES string of the molecule is Cn1nc(NC2CCCCCC2C(=O)O)c(=O)n(C)c1=O. The number of carboxylic acid groups (broad SMARTS) is 1. The van der Waals surface area contributed by atoms with Crippen LogP contribution in [0.25, 0.3) is 0 Å². The van der Waals surface area contributed by atoms with Crippen molar-refractivity contribution in [1.82, 2.24) is 14.3 Å². The lowest BCUT2D eigenvalue weighted by molar-refractivity contribution is -0.142. The average Bonchev–Trinajstić information content (AvgIpc) is 2.68. The highest BCUT2D eigenvalue weighted by molar-refractivity contribution is 5.71. The van der Waals surface area contributed by atoms with Gasteiger partial charge in [0.1, 0.15) is 0 Å². The van der Waals surface area contributed by atoms with Crippen LogP contribution < -0.4 is 16.6 Å². The molecule has 0 spiro atoms. The molecule has 2 rings (SSSR count). The molecule has 1 aliphatic rings. The van der Waals surface area contributed by atoms with Crippen molar-refractivity contribution in [2.75, 3.05) is 5.32 Å². The van der Waals surface area contributed by atoms with Crippen molar-refractivity contribution in [3.63, 3.8) is 0 Å². The Kier molecular flexibility index (Phi) is 4.44. The van der Waals surface area contributed by atoms with E-state index in [0.717, 1.165) is 28.5 Å². The van der Waals surface area contributed by atoms with Crippen molar-refractivity contribution in [1.29, 1.82) is 0 Å². The second kappa shape index (κ2) is 6.11. The third kappa shape index (κ3) is 3.14. The van der Waals surface area contributed by atoms with Gasteiger partial charge in [0.25, 0.3) is 5.56 Å². The minimum absolute atomic E-state index is 0.0257. The van der Waals surface area contributed by atoms with Gasteiger partial charge >= 0.3 is 11.7 Å². The molecule has 0 saturated heterocycles. The number of nitrogens with zero attached hydrogens (tertiary/aromatic N) is 3. The maximum atomic E-state index is 12.1. The number of hydrogen-bond acceptors (Lipinski definition) is 5. The van der Waals surface area contributed by atoms with Gasteiger partial charge in [0.15, 0.2) is 0 Å². The molecule has 0 bridgehead atoms. The first-order chi connectivity index (χ1) is 9.91. The Hall–Kier alpha value is -2.12. The maximum absolute atomic E-state index is 12.1. The molecule has 1 aromatic heterocycles. The number of carbonyl (C=O) groups is 1. The van der Waals surface area contributed by atoms with Gasteiger partial charge in [-0.05, 0) is 12.8 Å². The van der Waals surface area contributed by atoms with Gasteiger partial charge in [-0.15, -0.1) is 5.10 Å². The quantitative estimate of drug-likeness (QED) is 0.756. The van der Waals surface area contributed by atoms with Crippen molar-refractivity contribution in [3.05, 3.63) is 20.8 Å². The number of nitrogens with one attached hydrogen (secondary N) is 1. The van der Waals surface area contributed by atoms with E-state index < -0.39 is 23.1 Å². The van der Waals surface area contributed by atoms with E-state index in [-0.39, 0.29) is 11.9 Å². The highest BCUT2D eigenvalue weighted by Crippen LogP contribution is 2.25. The van der Waals surface area contributed by atoms with Crippen molar-refractivity contribution in [2.24, 2.45) is 20.0 Å². The third-order valence-corrected chi connectivity index (χ3v) is 3.98. The largest absolute Gasteiger partial charge is 0.481 e. The topological polar surface area (TPSA) is 106 Å². The number of aryl methyl sites for hydroxylation is 1. The molecule has 116 valence electrons. The minimum Gasteiger partial charge on any atom is -0.481 e. The van der Waals surface area contributed by atoms with Crippen LogP contribution in [0.2, 0.25) is 0 Å². The first-order valence-corrected chi connectivity index (χ1v) is 7.05. The molecule has 8 heteroatoms. The Balaban J connectivity index is 2.33. The number of aliphatic carboxylic acids is 1. The van der Waals surface area contributed by atoms with E-state index in [0.29, 0.717) is 12.8 Å². The fraction of sp³-hybridized carbons (Fsp3) is 0.692. The van der Waals surface area contributed by atoms with Gasteiger partial charge in [0.2, 0.25) is 5.82 Å². The van der Waals surface area contributed by atoms with Crippen LogP contribution >= 0.6 is 0 Å². The lowest BCUT2D eigenvalue weighted by Gasteiger charge is -2.23. The van der Waals surface area contributed by atoms with Crippen molar-refractivity contribution >= 4 is 11.8 Å². The minimum atomic E-state index is -0.865. The molecule has 1 heterocycles. The van der Waals surface area contributed by atoms with Crippen LogP contribution in [0.15, 0.2) is 9.59 Å². The molecule has 1 aliphatic carbocycles. The Bertz CT molecular complexity index is 649. The molecule has 1 aromatic rings. The first-order valence-electron chi connectivity index (χ1n) is 7.05. The lowest BCUT2D eigenvalue weighted by atomic mass is 9.95. The molecule has 1 saturated carbocycles. The summed E-state index contributed by atoms with van der Waals surface area (Å²) in [6.45, 7) is 0. The number of rotatable bonds is 3. The fourth-order valence-corrected chi connectivity index (χ4v) is 2.74.